The Morgan fingerprint density at radius 2 is 0.800 bits per heavy atom. The predicted octanol–water partition coefficient (Wildman–Crippen LogP) is 7.03. The van der Waals surface area contributed by atoms with Gasteiger partial charge in [0.25, 0.3) is 0 Å². The van der Waals surface area contributed by atoms with Gasteiger partial charge in [0, 0.05) is 0 Å². The Labute approximate surface area is 278 Å². The standard InChI is InChI=1S/C17H36N.C16H36N.2H3O4P/c1-4-5-6-10-13-16-18(2,3)17-14-11-8-7-9-12-15-17;1-5-7-9-11-13-15-17(3,4)16-14-12-10-8-6-2;2*1-5(2,3)4/h17H,4-16H2,1-3H3;5-16H2,1-4H3;2*(H3,1,2,3,4)/q2*+1;;/p-2. The fourth-order valence-corrected chi connectivity index (χ4v) is 5.84. The van der Waals surface area contributed by atoms with Gasteiger partial charge >= 0.3 is 7.82 Å². The second-order valence-electron chi connectivity index (χ2n) is 14.1. The van der Waals surface area contributed by atoms with E-state index in [1.54, 1.807) is 0 Å². The minimum Gasteiger partial charge on any atom is -0.790 e. The van der Waals surface area contributed by atoms with Gasteiger partial charge in [-0.25, -0.2) is 4.57 Å². The Hall–Kier alpha value is 0.140. The van der Waals surface area contributed by atoms with Crippen molar-refractivity contribution in [2.45, 2.75) is 168 Å². The molecule has 0 radical (unpaired) electrons. The maximum absolute atomic E-state index is 8.88. The average molecular weight is 691 g/mol. The Morgan fingerprint density at radius 1 is 0.533 bits per heavy atom. The monoisotopic (exact) mass is 691 g/mol. The minimum atomic E-state index is -5.14. The molecule has 0 heterocycles. The second kappa shape index (κ2) is 30.2. The van der Waals surface area contributed by atoms with E-state index in [1.807, 2.05) is 0 Å². The van der Waals surface area contributed by atoms with Crippen LogP contribution in [-0.4, -0.2) is 82.4 Å². The van der Waals surface area contributed by atoms with Crippen LogP contribution >= 0.6 is 15.6 Å². The summed E-state index contributed by atoms with van der Waals surface area (Å²) in [5, 5.41) is 0. The zero-order valence-electron chi connectivity index (χ0n) is 30.5. The van der Waals surface area contributed by atoms with Gasteiger partial charge in [-0.2, -0.15) is 0 Å². The summed E-state index contributed by atoms with van der Waals surface area (Å²) in [4.78, 5) is 45.8. The lowest BCUT2D eigenvalue weighted by Gasteiger charge is -2.39. The number of rotatable bonds is 19. The smallest absolute Gasteiger partial charge is 0.466 e. The first-order valence-electron chi connectivity index (χ1n) is 18.0. The fourth-order valence-electron chi connectivity index (χ4n) is 5.84. The number of unbranched alkanes of at least 4 members (excludes halogenated alkanes) is 12. The fraction of sp³-hybridized carbons (Fsp3) is 1.00. The maximum Gasteiger partial charge on any atom is 0.466 e. The molecule has 0 aromatic carbocycles. The molecule has 0 bridgehead atoms. The highest BCUT2D eigenvalue weighted by Crippen LogP contribution is 2.26. The van der Waals surface area contributed by atoms with E-state index in [2.05, 4.69) is 49.0 Å². The topological polar surface area (TPSA) is 161 Å². The van der Waals surface area contributed by atoms with Crippen LogP contribution in [0, 0.1) is 0 Å². The van der Waals surface area contributed by atoms with E-state index in [1.165, 1.54) is 170 Å². The van der Waals surface area contributed by atoms with E-state index in [-0.39, 0.29) is 0 Å². The van der Waals surface area contributed by atoms with Crippen molar-refractivity contribution < 1.29 is 47.5 Å². The van der Waals surface area contributed by atoms with E-state index in [0.29, 0.717) is 0 Å². The quantitative estimate of drug-likeness (QED) is 0.0638. The lowest BCUT2D eigenvalue weighted by atomic mass is 9.94. The number of quaternary nitrogens is 2. The number of nitrogens with zero attached hydrogens (tertiary/aromatic N) is 2. The van der Waals surface area contributed by atoms with Gasteiger partial charge in [0.15, 0.2) is 0 Å². The molecule has 1 aliphatic rings. The lowest BCUT2D eigenvalue weighted by Crippen LogP contribution is -2.49. The van der Waals surface area contributed by atoms with Crippen LogP contribution in [0.15, 0.2) is 0 Å². The average Bonchev–Trinajstić information content (AvgIpc) is 2.86. The molecule has 45 heavy (non-hydrogen) atoms. The maximum atomic E-state index is 8.88. The Morgan fingerprint density at radius 3 is 1.11 bits per heavy atom. The van der Waals surface area contributed by atoms with Crippen molar-refractivity contribution in [3.05, 3.63) is 0 Å². The highest BCUT2D eigenvalue weighted by molar-refractivity contribution is 7.45. The van der Waals surface area contributed by atoms with Crippen molar-refractivity contribution in [2.24, 2.45) is 0 Å². The molecule has 0 unspecified atom stereocenters. The van der Waals surface area contributed by atoms with E-state index in [4.69, 9.17) is 38.5 Å². The predicted molar refractivity (Wildman–Crippen MR) is 185 cm³/mol. The SMILES string of the molecule is CCCCCCC[N+](C)(C)C1CCCCCCC1.CCCCCCC[N+](C)(C)CCCCCCC.O=P(O)(O)O.O=P([O-])([O-])O. The molecule has 1 fully saturated rings. The molecule has 276 valence electrons. The summed E-state index contributed by atoms with van der Waals surface area (Å²) in [5.74, 6) is 0. The van der Waals surface area contributed by atoms with Crippen molar-refractivity contribution in [2.75, 3.05) is 47.8 Å². The lowest BCUT2D eigenvalue weighted by molar-refractivity contribution is -0.916. The van der Waals surface area contributed by atoms with Crippen LogP contribution < -0.4 is 9.79 Å². The summed E-state index contributed by atoms with van der Waals surface area (Å²) in [5.41, 5.74) is 0. The van der Waals surface area contributed by atoms with Crippen molar-refractivity contribution in [1.29, 1.82) is 0 Å². The molecule has 10 nitrogen and oxygen atoms in total. The molecule has 1 aliphatic carbocycles. The van der Waals surface area contributed by atoms with Gasteiger partial charge in [0.05, 0.1) is 61.7 Å². The first-order chi connectivity index (χ1) is 20.8. The van der Waals surface area contributed by atoms with Gasteiger partial charge in [-0.1, -0.05) is 97.8 Å². The van der Waals surface area contributed by atoms with Crippen molar-refractivity contribution in [1.82, 2.24) is 0 Å². The van der Waals surface area contributed by atoms with E-state index < -0.39 is 15.6 Å². The first kappa shape index (κ1) is 49.5. The molecular formula is C33H76N2O8P2. The van der Waals surface area contributed by atoms with Crippen LogP contribution in [0.1, 0.15) is 162 Å². The number of phosphoric acid groups is 2. The van der Waals surface area contributed by atoms with E-state index in [9.17, 15) is 0 Å². The number of hydrogen-bond donors (Lipinski definition) is 4. The van der Waals surface area contributed by atoms with E-state index in [0.717, 1.165) is 6.04 Å². The Kier molecular flexibility index (Phi) is 33.3. The molecule has 0 amide bonds. The highest BCUT2D eigenvalue weighted by atomic mass is 31.2. The Bertz CT molecular complexity index is 669. The molecule has 12 heteroatoms. The highest BCUT2D eigenvalue weighted by Gasteiger charge is 2.27. The summed E-state index contributed by atoms with van der Waals surface area (Å²) in [7, 11) is -0.0164. The number of hydrogen-bond acceptors (Lipinski definition) is 4. The molecule has 1 rings (SSSR count). The third kappa shape index (κ3) is 48.6. The second-order valence-corrected chi connectivity index (χ2v) is 16.1. The molecule has 0 aromatic rings. The van der Waals surface area contributed by atoms with Gasteiger partial charge in [-0.15, -0.1) is 0 Å². The van der Waals surface area contributed by atoms with Crippen LogP contribution in [0.5, 0.6) is 0 Å². The van der Waals surface area contributed by atoms with Crippen LogP contribution in [0.4, 0.5) is 0 Å². The summed E-state index contributed by atoms with van der Waals surface area (Å²) in [6.07, 6.45) is 31.6. The third-order valence-corrected chi connectivity index (χ3v) is 8.64. The zero-order valence-corrected chi connectivity index (χ0v) is 32.3. The zero-order chi connectivity index (χ0) is 35.3. The molecule has 0 spiro atoms. The van der Waals surface area contributed by atoms with Crippen LogP contribution in [0.2, 0.25) is 0 Å². The van der Waals surface area contributed by atoms with Gasteiger partial charge < -0.3 is 42.9 Å². The summed E-state index contributed by atoms with van der Waals surface area (Å²) in [6.45, 7) is 11.0. The Balaban J connectivity index is -0.000000604. The molecule has 1 saturated carbocycles. The normalized spacial score (nSPS) is 15.0. The van der Waals surface area contributed by atoms with Crippen molar-refractivity contribution in [3.8, 4) is 0 Å². The summed E-state index contributed by atoms with van der Waals surface area (Å²) >= 11 is 0. The van der Waals surface area contributed by atoms with Gasteiger partial charge in [0.2, 0.25) is 0 Å². The van der Waals surface area contributed by atoms with E-state index >= 15 is 0 Å². The van der Waals surface area contributed by atoms with Gasteiger partial charge in [-0.05, 0) is 64.2 Å². The van der Waals surface area contributed by atoms with Crippen LogP contribution in [0.25, 0.3) is 0 Å². The van der Waals surface area contributed by atoms with Gasteiger partial charge in [0.1, 0.15) is 0 Å². The third-order valence-electron chi connectivity index (χ3n) is 8.64. The first-order valence-corrected chi connectivity index (χ1v) is 21.0. The molecule has 0 saturated heterocycles. The van der Waals surface area contributed by atoms with Crippen molar-refractivity contribution in [3.63, 3.8) is 0 Å². The molecule has 0 atom stereocenters. The van der Waals surface area contributed by atoms with Crippen LogP contribution in [-0.2, 0) is 9.13 Å². The molecule has 0 aliphatic heterocycles. The summed E-state index contributed by atoms with van der Waals surface area (Å²) in [6, 6.07) is 0.941. The van der Waals surface area contributed by atoms with Gasteiger partial charge in [-0.3, -0.25) is 0 Å². The van der Waals surface area contributed by atoms with Crippen LogP contribution in [0.3, 0.4) is 0 Å². The largest absolute Gasteiger partial charge is 0.790 e. The van der Waals surface area contributed by atoms with Crippen molar-refractivity contribution >= 4 is 15.6 Å². The minimum absolute atomic E-state index is 0.941. The summed E-state index contributed by atoms with van der Waals surface area (Å²) < 4.78 is 20.1. The molecule has 4 N–H and O–H groups in total. The molecule has 0 aromatic heterocycles. The molecular weight excluding hydrogens is 614 g/mol.